The Balaban J connectivity index is 1.83. The minimum atomic E-state index is 0.117. The third kappa shape index (κ3) is 2.39. The zero-order valence-corrected chi connectivity index (χ0v) is 8.67. The second kappa shape index (κ2) is 4.49. The van der Waals surface area contributed by atoms with Gasteiger partial charge in [-0.3, -0.25) is 4.79 Å². The number of aliphatic hydroxyl groups excluding tert-OH is 1. The standard InChI is InChI=1S/C11H16N2O2/c14-9-10-7-11(15)13(8-10)6-5-12-3-1-2-4-12/h1-4,10,14H,5-9H2. The van der Waals surface area contributed by atoms with Gasteiger partial charge in [-0.25, -0.2) is 0 Å². The molecule has 82 valence electrons. The first kappa shape index (κ1) is 10.2. The highest BCUT2D eigenvalue weighted by Crippen LogP contribution is 2.16. The molecule has 0 aromatic carbocycles. The Morgan fingerprint density at radius 1 is 1.33 bits per heavy atom. The van der Waals surface area contributed by atoms with Gasteiger partial charge in [0.2, 0.25) is 5.91 Å². The van der Waals surface area contributed by atoms with Crippen molar-refractivity contribution >= 4 is 5.91 Å². The molecule has 1 saturated heterocycles. The van der Waals surface area contributed by atoms with Gasteiger partial charge in [0.15, 0.2) is 0 Å². The number of likely N-dealkylation sites (tertiary alicyclic amines) is 1. The van der Waals surface area contributed by atoms with Gasteiger partial charge < -0.3 is 14.6 Å². The van der Waals surface area contributed by atoms with E-state index in [-0.39, 0.29) is 18.4 Å². The van der Waals surface area contributed by atoms with Crippen molar-refractivity contribution in [3.8, 4) is 0 Å². The molecule has 2 heterocycles. The number of hydrogen-bond donors (Lipinski definition) is 1. The molecule has 1 aliphatic heterocycles. The van der Waals surface area contributed by atoms with Crippen molar-refractivity contribution in [2.24, 2.45) is 5.92 Å². The first-order chi connectivity index (χ1) is 7.29. The minimum Gasteiger partial charge on any atom is -0.396 e. The zero-order chi connectivity index (χ0) is 10.7. The van der Waals surface area contributed by atoms with E-state index >= 15 is 0 Å². The quantitative estimate of drug-likeness (QED) is 0.775. The van der Waals surface area contributed by atoms with Gasteiger partial charge >= 0.3 is 0 Å². The average Bonchev–Trinajstić information content (AvgIpc) is 2.84. The summed E-state index contributed by atoms with van der Waals surface area (Å²) in [6, 6.07) is 3.95. The molecule has 4 nitrogen and oxygen atoms in total. The maximum absolute atomic E-state index is 11.5. The van der Waals surface area contributed by atoms with Crippen LogP contribution in [0.15, 0.2) is 24.5 Å². The summed E-state index contributed by atoms with van der Waals surface area (Å²) in [5.74, 6) is 0.309. The van der Waals surface area contributed by atoms with Crippen LogP contribution in [-0.4, -0.2) is 40.2 Å². The average molecular weight is 208 g/mol. The lowest BCUT2D eigenvalue weighted by molar-refractivity contribution is -0.127. The minimum absolute atomic E-state index is 0.117. The van der Waals surface area contributed by atoms with Crippen molar-refractivity contribution in [3.05, 3.63) is 24.5 Å². The summed E-state index contributed by atoms with van der Waals surface area (Å²) in [5, 5.41) is 8.97. The Labute approximate surface area is 89.1 Å². The van der Waals surface area contributed by atoms with E-state index < -0.39 is 0 Å². The molecule has 1 N–H and O–H groups in total. The van der Waals surface area contributed by atoms with Crippen LogP contribution in [0.2, 0.25) is 0 Å². The zero-order valence-electron chi connectivity index (χ0n) is 8.67. The first-order valence-corrected chi connectivity index (χ1v) is 5.29. The number of aliphatic hydroxyl groups is 1. The van der Waals surface area contributed by atoms with Crippen LogP contribution in [0.3, 0.4) is 0 Å². The molecule has 1 aromatic heterocycles. The molecule has 0 saturated carbocycles. The molecule has 1 aromatic rings. The van der Waals surface area contributed by atoms with Crippen LogP contribution in [0, 0.1) is 5.92 Å². The Bertz CT molecular complexity index is 321. The van der Waals surface area contributed by atoms with Gasteiger partial charge in [-0.1, -0.05) is 0 Å². The lowest BCUT2D eigenvalue weighted by atomic mass is 10.1. The van der Waals surface area contributed by atoms with E-state index in [0.717, 1.165) is 13.1 Å². The summed E-state index contributed by atoms with van der Waals surface area (Å²) in [6.07, 6.45) is 4.48. The van der Waals surface area contributed by atoms with E-state index in [4.69, 9.17) is 5.11 Å². The largest absolute Gasteiger partial charge is 0.396 e. The monoisotopic (exact) mass is 208 g/mol. The highest BCUT2D eigenvalue weighted by atomic mass is 16.3. The fourth-order valence-electron chi connectivity index (χ4n) is 1.95. The number of hydrogen-bond acceptors (Lipinski definition) is 2. The normalized spacial score (nSPS) is 21.3. The number of amides is 1. The second-order valence-corrected chi connectivity index (χ2v) is 4.01. The highest BCUT2D eigenvalue weighted by Gasteiger charge is 2.28. The lowest BCUT2D eigenvalue weighted by Gasteiger charge is -2.16. The fraction of sp³-hybridized carbons (Fsp3) is 0.545. The van der Waals surface area contributed by atoms with E-state index in [9.17, 15) is 4.79 Å². The lowest BCUT2D eigenvalue weighted by Crippen LogP contribution is -2.29. The van der Waals surface area contributed by atoms with Crippen LogP contribution in [0.1, 0.15) is 6.42 Å². The maximum Gasteiger partial charge on any atom is 0.223 e. The molecular weight excluding hydrogens is 192 g/mol. The van der Waals surface area contributed by atoms with E-state index in [1.54, 1.807) is 0 Å². The molecule has 0 bridgehead atoms. The Morgan fingerprint density at radius 2 is 2.07 bits per heavy atom. The third-order valence-electron chi connectivity index (χ3n) is 2.85. The molecule has 1 atom stereocenters. The van der Waals surface area contributed by atoms with E-state index in [1.165, 1.54) is 0 Å². The smallest absolute Gasteiger partial charge is 0.223 e. The topological polar surface area (TPSA) is 45.5 Å². The van der Waals surface area contributed by atoms with Gasteiger partial charge in [-0.15, -0.1) is 0 Å². The number of carbonyl (C=O) groups is 1. The van der Waals surface area contributed by atoms with Gasteiger partial charge in [0.25, 0.3) is 0 Å². The van der Waals surface area contributed by atoms with Crippen molar-refractivity contribution in [1.29, 1.82) is 0 Å². The van der Waals surface area contributed by atoms with Crippen molar-refractivity contribution in [3.63, 3.8) is 0 Å². The Kier molecular flexibility index (Phi) is 3.06. The molecule has 0 radical (unpaired) electrons. The first-order valence-electron chi connectivity index (χ1n) is 5.29. The summed E-state index contributed by atoms with van der Waals surface area (Å²) in [6.45, 7) is 2.39. The Morgan fingerprint density at radius 3 is 2.67 bits per heavy atom. The van der Waals surface area contributed by atoms with Crippen molar-refractivity contribution in [1.82, 2.24) is 9.47 Å². The Hall–Kier alpha value is -1.29. The molecule has 4 heteroatoms. The second-order valence-electron chi connectivity index (χ2n) is 4.01. The van der Waals surface area contributed by atoms with Crippen molar-refractivity contribution in [2.75, 3.05) is 19.7 Å². The number of rotatable bonds is 4. The van der Waals surface area contributed by atoms with Crippen LogP contribution in [0.25, 0.3) is 0 Å². The van der Waals surface area contributed by atoms with Crippen LogP contribution in [-0.2, 0) is 11.3 Å². The van der Waals surface area contributed by atoms with Crippen LogP contribution >= 0.6 is 0 Å². The molecule has 15 heavy (non-hydrogen) atoms. The van der Waals surface area contributed by atoms with Crippen LogP contribution in [0.4, 0.5) is 0 Å². The molecule has 1 unspecified atom stereocenters. The van der Waals surface area contributed by atoms with Crippen molar-refractivity contribution < 1.29 is 9.90 Å². The summed E-state index contributed by atoms with van der Waals surface area (Å²) in [7, 11) is 0. The fourth-order valence-corrected chi connectivity index (χ4v) is 1.95. The molecule has 0 spiro atoms. The molecular formula is C11H16N2O2. The van der Waals surface area contributed by atoms with Gasteiger partial charge in [-0.05, 0) is 12.1 Å². The third-order valence-corrected chi connectivity index (χ3v) is 2.85. The van der Waals surface area contributed by atoms with Gasteiger partial charge in [0.05, 0.1) is 0 Å². The predicted octanol–water partition coefficient (Wildman–Crippen LogP) is 0.329. The summed E-state index contributed by atoms with van der Waals surface area (Å²) in [5.41, 5.74) is 0. The predicted molar refractivity (Wildman–Crippen MR) is 56.2 cm³/mol. The van der Waals surface area contributed by atoms with Gasteiger partial charge in [-0.2, -0.15) is 0 Å². The molecule has 1 amide bonds. The molecule has 1 fully saturated rings. The summed E-state index contributed by atoms with van der Waals surface area (Å²) >= 11 is 0. The molecule has 0 aliphatic carbocycles. The summed E-state index contributed by atoms with van der Waals surface area (Å²) < 4.78 is 2.06. The highest BCUT2D eigenvalue weighted by molar-refractivity contribution is 5.78. The SMILES string of the molecule is O=C1CC(CO)CN1CCn1cccc1. The van der Waals surface area contributed by atoms with E-state index in [1.807, 2.05) is 29.4 Å². The van der Waals surface area contributed by atoms with Crippen molar-refractivity contribution in [2.45, 2.75) is 13.0 Å². The maximum atomic E-state index is 11.5. The number of carbonyl (C=O) groups excluding carboxylic acids is 1. The van der Waals surface area contributed by atoms with Crippen LogP contribution < -0.4 is 0 Å². The number of nitrogens with zero attached hydrogens (tertiary/aromatic N) is 2. The van der Waals surface area contributed by atoms with Crippen LogP contribution in [0.5, 0.6) is 0 Å². The molecule has 2 rings (SSSR count). The van der Waals surface area contributed by atoms with E-state index in [0.29, 0.717) is 13.0 Å². The summed E-state index contributed by atoms with van der Waals surface area (Å²) in [4.78, 5) is 13.3. The van der Waals surface area contributed by atoms with Gasteiger partial charge in [0, 0.05) is 51.0 Å². The van der Waals surface area contributed by atoms with E-state index in [2.05, 4.69) is 4.57 Å². The number of aromatic nitrogens is 1. The molecule has 1 aliphatic rings. The van der Waals surface area contributed by atoms with Gasteiger partial charge in [0.1, 0.15) is 0 Å².